The van der Waals surface area contributed by atoms with Crippen LogP contribution >= 0.6 is 0 Å². The van der Waals surface area contributed by atoms with Gasteiger partial charge in [0, 0.05) is 12.6 Å². The number of aromatic nitrogens is 1. The first-order chi connectivity index (χ1) is 6.40. The van der Waals surface area contributed by atoms with E-state index in [-0.39, 0.29) is 0 Å². The van der Waals surface area contributed by atoms with E-state index < -0.39 is 0 Å². The molecule has 66 valence electrons. The van der Waals surface area contributed by atoms with Crippen LogP contribution in [0.4, 0.5) is 5.82 Å². The lowest BCUT2D eigenvalue weighted by Gasteiger charge is -1.92. The van der Waals surface area contributed by atoms with E-state index in [2.05, 4.69) is 10.3 Å². The molecule has 1 N–H and O–H groups in total. The fourth-order valence-corrected chi connectivity index (χ4v) is 1.10. The van der Waals surface area contributed by atoms with Crippen LogP contribution in [0.25, 0.3) is 11.5 Å². The minimum atomic E-state index is 0.643. The molecule has 0 bridgehead atoms. The van der Waals surface area contributed by atoms with Crippen molar-refractivity contribution in [3.05, 3.63) is 36.6 Å². The maximum Gasteiger partial charge on any atom is 0.227 e. The number of hydrogen-bond acceptors (Lipinski definition) is 3. The first kappa shape index (κ1) is 7.86. The van der Waals surface area contributed by atoms with Gasteiger partial charge in [-0.2, -0.15) is 4.98 Å². The van der Waals surface area contributed by atoms with Gasteiger partial charge in [-0.25, -0.2) is 0 Å². The van der Waals surface area contributed by atoms with Gasteiger partial charge in [-0.05, 0) is 12.1 Å². The number of anilines is 1. The Morgan fingerprint density at radius 3 is 2.62 bits per heavy atom. The SMILES string of the molecule is CNc1coc(-c2ccccc2)n1. The van der Waals surface area contributed by atoms with Crippen molar-refractivity contribution in [2.45, 2.75) is 0 Å². The highest BCUT2D eigenvalue weighted by molar-refractivity contribution is 5.54. The zero-order valence-electron chi connectivity index (χ0n) is 7.32. The summed E-state index contributed by atoms with van der Waals surface area (Å²) in [7, 11) is 1.81. The van der Waals surface area contributed by atoms with Crippen LogP contribution in [0, 0.1) is 0 Å². The van der Waals surface area contributed by atoms with Gasteiger partial charge in [0.05, 0.1) is 0 Å². The Morgan fingerprint density at radius 2 is 2.00 bits per heavy atom. The number of oxazole rings is 1. The normalized spacial score (nSPS) is 9.92. The monoisotopic (exact) mass is 174 g/mol. The smallest absolute Gasteiger partial charge is 0.227 e. The second-order valence-corrected chi connectivity index (χ2v) is 2.65. The lowest BCUT2D eigenvalue weighted by molar-refractivity contribution is 0.575. The quantitative estimate of drug-likeness (QED) is 0.759. The van der Waals surface area contributed by atoms with Crippen molar-refractivity contribution in [2.75, 3.05) is 12.4 Å². The topological polar surface area (TPSA) is 38.1 Å². The molecule has 0 radical (unpaired) electrons. The van der Waals surface area contributed by atoms with Crippen LogP contribution in [-0.4, -0.2) is 12.0 Å². The summed E-state index contributed by atoms with van der Waals surface area (Å²) >= 11 is 0. The molecule has 0 spiro atoms. The summed E-state index contributed by atoms with van der Waals surface area (Å²) in [5.41, 5.74) is 0.990. The van der Waals surface area contributed by atoms with Crippen LogP contribution in [0.15, 0.2) is 41.0 Å². The molecule has 1 heterocycles. The Bertz CT molecular complexity index is 381. The van der Waals surface area contributed by atoms with Crippen molar-refractivity contribution < 1.29 is 4.42 Å². The van der Waals surface area contributed by atoms with Crippen molar-refractivity contribution in [1.29, 1.82) is 0 Å². The first-order valence-electron chi connectivity index (χ1n) is 4.09. The number of rotatable bonds is 2. The summed E-state index contributed by atoms with van der Waals surface area (Å²) in [6.45, 7) is 0. The van der Waals surface area contributed by atoms with E-state index >= 15 is 0 Å². The van der Waals surface area contributed by atoms with E-state index in [0.717, 1.165) is 11.4 Å². The Morgan fingerprint density at radius 1 is 1.23 bits per heavy atom. The van der Waals surface area contributed by atoms with Gasteiger partial charge in [-0.3, -0.25) is 0 Å². The van der Waals surface area contributed by atoms with Crippen molar-refractivity contribution in [3.63, 3.8) is 0 Å². The third-order valence-electron chi connectivity index (χ3n) is 1.78. The van der Waals surface area contributed by atoms with Gasteiger partial charge in [0.1, 0.15) is 6.26 Å². The second-order valence-electron chi connectivity index (χ2n) is 2.65. The maximum absolute atomic E-state index is 5.27. The molecule has 2 aromatic rings. The van der Waals surface area contributed by atoms with Crippen molar-refractivity contribution >= 4 is 5.82 Å². The molecule has 1 aromatic heterocycles. The fourth-order valence-electron chi connectivity index (χ4n) is 1.10. The highest BCUT2D eigenvalue weighted by Gasteiger charge is 2.03. The molecule has 0 aliphatic carbocycles. The summed E-state index contributed by atoms with van der Waals surface area (Å²) < 4.78 is 5.27. The zero-order valence-corrected chi connectivity index (χ0v) is 7.32. The van der Waals surface area contributed by atoms with Crippen molar-refractivity contribution in [2.24, 2.45) is 0 Å². The summed E-state index contributed by atoms with van der Waals surface area (Å²) in [6, 6.07) is 9.80. The van der Waals surface area contributed by atoms with Crippen molar-refractivity contribution in [1.82, 2.24) is 4.98 Å². The highest BCUT2D eigenvalue weighted by atomic mass is 16.3. The molecule has 2 rings (SSSR count). The van der Waals surface area contributed by atoms with E-state index in [1.54, 1.807) is 6.26 Å². The number of nitrogens with one attached hydrogen (secondary N) is 1. The fraction of sp³-hybridized carbons (Fsp3) is 0.100. The van der Waals surface area contributed by atoms with Crippen LogP contribution in [0.1, 0.15) is 0 Å². The van der Waals surface area contributed by atoms with E-state index in [4.69, 9.17) is 4.42 Å². The minimum Gasteiger partial charge on any atom is -0.442 e. The average Bonchev–Trinajstić information content (AvgIpc) is 2.67. The molecule has 0 fully saturated rings. The molecule has 13 heavy (non-hydrogen) atoms. The molecule has 0 amide bonds. The highest BCUT2D eigenvalue weighted by Crippen LogP contribution is 2.19. The van der Waals surface area contributed by atoms with E-state index in [1.807, 2.05) is 37.4 Å². The zero-order chi connectivity index (χ0) is 9.10. The van der Waals surface area contributed by atoms with Gasteiger partial charge in [0.15, 0.2) is 5.82 Å². The van der Waals surface area contributed by atoms with Crippen LogP contribution in [0.3, 0.4) is 0 Å². The predicted octanol–water partition coefficient (Wildman–Crippen LogP) is 2.38. The molecule has 0 unspecified atom stereocenters. The molecule has 3 nitrogen and oxygen atoms in total. The standard InChI is InChI=1S/C10H10N2O/c1-11-9-7-13-10(12-9)8-5-3-2-4-6-8/h2-7,11H,1H3. The molecule has 0 aliphatic rings. The third-order valence-corrected chi connectivity index (χ3v) is 1.78. The van der Waals surface area contributed by atoms with Gasteiger partial charge in [0.2, 0.25) is 5.89 Å². The maximum atomic E-state index is 5.27. The molecule has 1 aromatic carbocycles. The Hall–Kier alpha value is -1.77. The summed E-state index contributed by atoms with van der Waals surface area (Å²) in [5, 5.41) is 2.91. The summed E-state index contributed by atoms with van der Waals surface area (Å²) in [5.74, 6) is 1.39. The predicted molar refractivity (Wildman–Crippen MR) is 51.5 cm³/mol. The molecule has 0 saturated heterocycles. The molecular weight excluding hydrogens is 164 g/mol. The number of nitrogens with zero attached hydrogens (tertiary/aromatic N) is 1. The van der Waals surface area contributed by atoms with Gasteiger partial charge in [0.25, 0.3) is 0 Å². The van der Waals surface area contributed by atoms with Crippen LogP contribution in [-0.2, 0) is 0 Å². The molecule has 0 saturated carbocycles. The van der Waals surface area contributed by atoms with Gasteiger partial charge in [-0.1, -0.05) is 18.2 Å². The first-order valence-corrected chi connectivity index (χ1v) is 4.09. The van der Waals surface area contributed by atoms with Crippen molar-refractivity contribution in [3.8, 4) is 11.5 Å². The summed E-state index contributed by atoms with van der Waals surface area (Å²) in [4.78, 5) is 4.22. The molecule has 3 heteroatoms. The van der Waals surface area contributed by atoms with E-state index in [0.29, 0.717) is 5.89 Å². The number of hydrogen-bond donors (Lipinski definition) is 1. The second kappa shape index (κ2) is 3.31. The van der Waals surface area contributed by atoms with Gasteiger partial charge < -0.3 is 9.73 Å². The lowest BCUT2D eigenvalue weighted by Crippen LogP contribution is -1.86. The minimum absolute atomic E-state index is 0.643. The van der Waals surface area contributed by atoms with E-state index in [9.17, 15) is 0 Å². The van der Waals surface area contributed by atoms with Crippen LogP contribution < -0.4 is 5.32 Å². The molecule has 0 atom stereocenters. The lowest BCUT2D eigenvalue weighted by atomic mass is 10.2. The largest absolute Gasteiger partial charge is 0.442 e. The Kier molecular flexibility index (Phi) is 2.00. The molecular formula is C10H10N2O. The average molecular weight is 174 g/mol. The van der Waals surface area contributed by atoms with Crippen LogP contribution in [0.5, 0.6) is 0 Å². The van der Waals surface area contributed by atoms with Gasteiger partial charge in [-0.15, -0.1) is 0 Å². The number of benzene rings is 1. The Balaban J connectivity index is 2.36. The van der Waals surface area contributed by atoms with E-state index in [1.165, 1.54) is 0 Å². The molecule has 0 aliphatic heterocycles. The van der Waals surface area contributed by atoms with Gasteiger partial charge >= 0.3 is 0 Å². The Labute approximate surface area is 76.4 Å². The third kappa shape index (κ3) is 1.54. The van der Waals surface area contributed by atoms with Crippen LogP contribution in [0.2, 0.25) is 0 Å². The summed E-state index contributed by atoms with van der Waals surface area (Å²) in [6.07, 6.45) is 1.60.